The van der Waals surface area contributed by atoms with E-state index in [2.05, 4.69) is 41.5 Å². The van der Waals surface area contributed by atoms with E-state index in [1.54, 1.807) is 0 Å². The lowest BCUT2D eigenvalue weighted by atomic mass is 9.52. The Morgan fingerprint density at radius 2 is 1.54 bits per heavy atom. The first-order chi connectivity index (χ1) is 5.73. The van der Waals surface area contributed by atoms with Crippen molar-refractivity contribution in [2.75, 3.05) is 0 Å². The SMILES string of the molecule is CC1CC2CC1(C)C(C)(C)C2(C)C. The molecule has 3 unspecified atom stereocenters. The summed E-state index contributed by atoms with van der Waals surface area (Å²) in [4.78, 5) is 0. The summed E-state index contributed by atoms with van der Waals surface area (Å²) >= 11 is 0. The van der Waals surface area contributed by atoms with Gasteiger partial charge in [0, 0.05) is 0 Å². The van der Waals surface area contributed by atoms with E-state index in [9.17, 15) is 0 Å². The predicted octanol–water partition coefficient (Wildman–Crippen LogP) is 4.10. The van der Waals surface area contributed by atoms with E-state index in [0.29, 0.717) is 16.2 Å². The molecule has 0 heterocycles. The van der Waals surface area contributed by atoms with E-state index in [4.69, 9.17) is 0 Å². The second-order valence-electron chi connectivity index (χ2n) is 6.80. The molecule has 2 saturated carbocycles. The van der Waals surface area contributed by atoms with Crippen molar-refractivity contribution in [1.82, 2.24) is 0 Å². The third-order valence-electron chi connectivity index (χ3n) is 6.46. The lowest BCUT2D eigenvalue weighted by Crippen LogP contribution is -2.46. The Kier molecular flexibility index (Phi) is 1.58. The van der Waals surface area contributed by atoms with Crippen LogP contribution in [-0.2, 0) is 0 Å². The number of hydrogen-bond acceptors (Lipinski definition) is 0. The van der Waals surface area contributed by atoms with Gasteiger partial charge in [0.2, 0.25) is 0 Å². The summed E-state index contributed by atoms with van der Waals surface area (Å²) in [6, 6.07) is 0. The van der Waals surface area contributed by atoms with Crippen molar-refractivity contribution in [1.29, 1.82) is 0 Å². The molecule has 0 aromatic carbocycles. The molecule has 0 aliphatic heterocycles. The first-order valence-corrected chi connectivity index (χ1v) is 5.73. The summed E-state index contributed by atoms with van der Waals surface area (Å²) in [5, 5.41) is 0. The number of fused-ring (bicyclic) bond motifs is 2. The van der Waals surface area contributed by atoms with E-state index in [1.807, 2.05) is 0 Å². The molecular formula is C13H24. The zero-order chi connectivity index (χ0) is 10.1. The Labute approximate surface area is 83.1 Å². The minimum Gasteiger partial charge on any atom is -0.0620 e. The van der Waals surface area contributed by atoms with Gasteiger partial charge in [0.15, 0.2) is 0 Å². The molecule has 0 nitrogen and oxygen atoms in total. The largest absolute Gasteiger partial charge is 0.0620 e. The smallest absolute Gasteiger partial charge is 0.0241 e. The molecule has 0 radical (unpaired) electrons. The highest BCUT2D eigenvalue weighted by Crippen LogP contribution is 2.73. The fourth-order valence-corrected chi connectivity index (χ4v) is 4.15. The summed E-state index contributed by atoms with van der Waals surface area (Å²) in [5.74, 6) is 1.91. The average Bonchev–Trinajstić information content (AvgIpc) is 2.34. The van der Waals surface area contributed by atoms with Crippen LogP contribution in [0.15, 0.2) is 0 Å². The minimum absolute atomic E-state index is 0.516. The van der Waals surface area contributed by atoms with Gasteiger partial charge in [-0.3, -0.25) is 0 Å². The van der Waals surface area contributed by atoms with Crippen LogP contribution >= 0.6 is 0 Å². The standard InChI is InChI=1S/C13H24/c1-9-7-10-8-13(9,6)12(4,5)11(10,2)3/h9-10H,7-8H2,1-6H3. The monoisotopic (exact) mass is 180 g/mol. The predicted molar refractivity (Wildman–Crippen MR) is 57.6 cm³/mol. The van der Waals surface area contributed by atoms with E-state index >= 15 is 0 Å². The van der Waals surface area contributed by atoms with Gasteiger partial charge in [0.25, 0.3) is 0 Å². The molecule has 2 fully saturated rings. The summed E-state index contributed by atoms with van der Waals surface area (Å²) in [6.07, 6.45) is 2.93. The lowest BCUT2D eigenvalue weighted by molar-refractivity contribution is -0.0448. The molecule has 2 bridgehead atoms. The Morgan fingerprint density at radius 3 is 1.85 bits per heavy atom. The van der Waals surface area contributed by atoms with Crippen LogP contribution in [-0.4, -0.2) is 0 Å². The van der Waals surface area contributed by atoms with Gasteiger partial charge in [0.1, 0.15) is 0 Å². The van der Waals surface area contributed by atoms with Crippen molar-refractivity contribution in [2.45, 2.75) is 54.4 Å². The minimum atomic E-state index is 0.516. The van der Waals surface area contributed by atoms with Crippen molar-refractivity contribution < 1.29 is 0 Å². The molecule has 2 aliphatic carbocycles. The molecule has 3 atom stereocenters. The summed E-state index contributed by atoms with van der Waals surface area (Å²) in [5.41, 5.74) is 1.66. The molecule has 2 rings (SSSR count). The van der Waals surface area contributed by atoms with Crippen molar-refractivity contribution in [3.63, 3.8) is 0 Å². The van der Waals surface area contributed by atoms with E-state index < -0.39 is 0 Å². The van der Waals surface area contributed by atoms with E-state index in [-0.39, 0.29) is 0 Å². The fourth-order valence-electron chi connectivity index (χ4n) is 4.15. The third kappa shape index (κ3) is 0.789. The van der Waals surface area contributed by atoms with Gasteiger partial charge in [-0.2, -0.15) is 0 Å². The highest BCUT2D eigenvalue weighted by Gasteiger charge is 2.66. The van der Waals surface area contributed by atoms with Crippen molar-refractivity contribution in [3.8, 4) is 0 Å². The topological polar surface area (TPSA) is 0 Å². The normalized spacial score (nSPS) is 51.2. The zero-order valence-electron chi connectivity index (χ0n) is 10.1. The van der Waals surface area contributed by atoms with Crippen LogP contribution in [0.1, 0.15) is 54.4 Å². The van der Waals surface area contributed by atoms with Crippen LogP contribution in [0.2, 0.25) is 0 Å². The molecule has 0 heteroatoms. The Balaban J connectivity index is 2.48. The van der Waals surface area contributed by atoms with Crippen molar-refractivity contribution in [2.24, 2.45) is 28.1 Å². The maximum absolute atomic E-state index is 2.52. The maximum Gasteiger partial charge on any atom is -0.0241 e. The van der Waals surface area contributed by atoms with Gasteiger partial charge < -0.3 is 0 Å². The van der Waals surface area contributed by atoms with Crippen LogP contribution in [0.5, 0.6) is 0 Å². The van der Waals surface area contributed by atoms with Gasteiger partial charge >= 0.3 is 0 Å². The van der Waals surface area contributed by atoms with Crippen LogP contribution < -0.4 is 0 Å². The zero-order valence-corrected chi connectivity index (χ0v) is 10.1. The molecule has 0 N–H and O–H groups in total. The second kappa shape index (κ2) is 2.15. The molecule has 13 heavy (non-hydrogen) atoms. The van der Waals surface area contributed by atoms with Crippen molar-refractivity contribution >= 4 is 0 Å². The molecule has 76 valence electrons. The Hall–Kier alpha value is 0. The summed E-state index contributed by atoms with van der Waals surface area (Å²) in [6.45, 7) is 14.9. The second-order valence-corrected chi connectivity index (χ2v) is 6.80. The van der Waals surface area contributed by atoms with Crippen molar-refractivity contribution in [3.05, 3.63) is 0 Å². The third-order valence-corrected chi connectivity index (χ3v) is 6.46. The molecule has 0 aromatic heterocycles. The number of hydrogen-bond donors (Lipinski definition) is 0. The molecule has 0 saturated heterocycles. The summed E-state index contributed by atoms with van der Waals surface area (Å²) in [7, 11) is 0. The van der Waals surface area contributed by atoms with E-state index in [0.717, 1.165) is 11.8 Å². The average molecular weight is 180 g/mol. The Morgan fingerprint density at radius 1 is 1.00 bits per heavy atom. The van der Waals surface area contributed by atoms with Gasteiger partial charge in [-0.15, -0.1) is 0 Å². The highest BCUT2D eigenvalue weighted by molar-refractivity contribution is 5.15. The first kappa shape index (κ1) is 9.55. The van der Waals surface area contributed by atoms with Gasteiger partial charge in [-0.1, -0.05) is 41.5 Å². The highest BCUT2D eigenvalue weighted by atomic mass is 14.7. The van der Waals surface area contributed by atoms with E-state index in [1.165, 1.54) is 12.8 Å². The number of rotatable bonds is 0. The molecule has 0 spiro atoms. The van der Waals surface area contributed by atoms with Crippen LogP contribution in [0.3, 0.4) is 0 Å². The van der Waals surface area contributed by atoms with Crippen LogP contribution in [0.25, 0.3) is 0 Å². The molecule has 0 aromatic rings. The molecular weight excluding hydrogens is 156 g/mol. The quantitative estimate of drug-likeness (QED) is 0.526. The maximum atomic E-state index is 2.52. The van der Waals surface area contributed by atoms with Crippen LogP contribution in [0.4, 0.5) is 0 Å². The lowest BCUT2D eigenvalue weighted by Gasteiger charge is -2.53. The van der Waals surface area contributed by atoms with Gasteiger partial charge in [-0.25, -0.2) is 0 Å². The van der Waals surface area contributed by atoms with Gasteiger partial charge in [0.05, 0.1) is 0 Å². The van der Waals surface area contributed by atoms with Crippen LogP contribution in [0, 0.1) is 28.1 Å². The first-order valence-electron chi connectivity index (χ1n) is 5.73. The molecule has 0 amide bonds. The molecule has 2 aliphatic rings. The fraction of sp³-hybridized carbons (Fsp3) is 1.00. The van der Waals surface area contributed by atoms with Gasteiger partial charge in [-0.05, 0) is 40.9 Å². The summed E-state index contributed by atoms with van der Waals surface area (Å²) < 4.78 is 0. The Bertz CT molecular complexity index is 234.